The molecule has 11 nitrogen and oxygen atoms in total. The van der Waals surface area contributed by atoms with Crippen LogP contribution in [0.5, 0.6) is 0 Å². The highest BCUT2D eigenvalue weighted by molar-refractivity contribution is 7.98. The number of amides is 3. The lowest BCUT2D eigenvalue weighted by atomic mass is 10.0. The highest BCUT2D eigenvalue weighted by Gasteiger charge is 2.30. The predicted molar refractivity (Wildman–Crippen MR) is 117 cm³/mol. The fourth-order valence-corrected chi connectivity index (χ4v) is 3.02. The third kappa shape index (κ3) is 8.97. The fourth-order valence-electron chi connectivity index (χ4n) is 2.55. The van der Waals surface area contributed by atoms with E-state index in [9.17, 15) is 19.2 Å². The molecular formula is C19H32N6O5S. The Kier molecular flexibility index (Phi) is 11.0. The Morgan fingerprint density at radius 3 is 2.23 bits per heavy atom. The molecule has 0 spiro atoms. The number of rotatable bonds is 13. The number of carboxylic acids is 1. The molecule has 31 heavy (non-hydrogen) atoms. The number of H-pyrrole nitrogens is 1. The smallest absolute Gasteiger partial charge is 0.325 e. The monoisotopic (exact) mass is 456 g/mol. The third-order valence-electron chi connectivity index (χ3n) is 4.61. The average Bonchev–Trinajstić information content (AvgIpc) is 3.22. The zero-order valence-corrected chi connectivity index (χ0v) is 19.0. The van der Waals surface area contributed by atoms with Gasteiger partial charge in [-0.25, -0.2) is 4.98 Å². The summed E-state index contributed by atoms with van der Waals surface area (Å²) in [6.45, 7) is 4.93. The molecule has 0 aliphatic rings. The molecule has 12 heteroatoms. The molecule has 7 N–H and O–H groups in total. The van der Waals surface area contributed by atoms with Crippen molar-refractivity contribution in [2.45, 2.75) is 57.8 Å². The molecule has 0 bridgehead atoms. The lowest BCUT2D eigenvalue weighted by Gasteiger charge is -2.25. The number of hydrogen-bond donors (Lipinski definition) is 6. The fraction of sp³-hybridized carbons (Fsp3) is 0.632. The van der Waals surface area contributed by atoms with Crippen molar-refractivity contribution in [3.63, 3.8) is 0 Å². The average molecular weight is 457 g/mol. The molecule has 1 aromatic rings. The maximum absolute atomic E-state index is 12.9. The van der Waals surface area contributed by atoms with Crippen LogP contribution in [0, 0.1) is 5.92 Å². The van der Waals surface area contributed by atoms with E-state index < -0.39 is 47.9 Å². The third-order valence-corrected chi connectivity index (χ3v) is 5.25. The van der Waals surface area contributed by atoms with Crippen molar-refractivity contribution in [2.24, 2.45) is 11.7 Å². The number of aromatic nitrogens is 2. The van der Waals surface area contributed by atoms with Gasteiger partial charge in [-0.1, -0.05) is 13.8 Å². The number of imidazole rings is 1. The summed E-state index contributed by atoms with van der Waals surface area (Å²) < 4.78 is 0. The second-order valence-electron chi connectivity index (χ2n) is 7.52. The summed E-state index contributed by atoms with van der Waals surface area (Å²) in [5.74, 6) is -2.38. The summed E-state index contributed by atoms with van der Waals surface area (Å²) in [7, 11) is 0. The Hall–Kier alpha value is -2.60. The summed E-state index contributed by atoms with van der Waals surface area (Å²) in [6, 6.07) is -3.87. The molecule has 0 radical (unpaired) electrons. The normalized spacial score (nSPS) is 14.9. The second kappa shape index (κ2) is 13.0. The number of carboxylic acid groups (broad SMARTS) is 1. The number of carbonyl (C=O) groups is 4. The van der Waals surface area contributed by atoms with Crippen LogP contribution in [0.3, 0.4) is 0 Å². The van der Waals surface area contributed by atoms with Crippen molar-refractivity contribution in [2.75, 3.05) is 12.0 Å². The lowest BCUT2D eigenvalue weighted by Crippen LogP contribution is -2.58. The molecule has 1 aromatic heterocycles. The van der Waals surface area contributed by atoms with Crippen LogP contribution in [0.4, 0.5) is 0 Å². The Bertz CT molecular complexity index is 742. The van der Waals surface area contributed by atoms with Crippen molar-refractivity contribution < 1.29 is 24.3 Å². The number of nitrogens with one attached hydrogen (secondary N) is 4. The summed E-state index contributed by atoms with van der Waals surface area (Å²) >= 11 is 1.51. The van der Waals surface area contributed by atoms with Crippen LogP contribution >= 0.6 is 11.8 Å². The summed E-state index contributed by atoms with van der Waals surface area (Å²) in [5, 5.41) is 16.7. The molecule has 4 atom stereocenters. The first-order valence-electron chi connectivity index (χ1n) is 9.92. The number of hydrogen-bond acceptors (Lipinski definition) is 7. The largest absolute Gasteiger partial charge is 0.480 e. The van der Waals surface area contributed by atoms with Gasteiger partial charge in [0.1, 0.15) is 18.1 Å². The minimum Gasteiger partial charge on any atom is -0.480 e. The number of nitrogens with two attached hydrogens (primary N) is 1. The van der Waals surface area contributed by atoms with E-state index in [0.717, 1.165) is 0 Å². The topological polar surface area (TPSA) is 179 Å². The number of aliphatic carboxylic acids is 1. The van der Waals surface area contributed by atoms with Gasteiger partial charge in [-0.2, -0.15) is 11.8 Å². The van der Waals surface area contributed by atoms with Crippen molar-refractivity contribution in [1.29, 1.82) is 0 Å². The molecule has 4 unspecified atom stereocenters. The van der Waals surface area contributed by atoms with E-state index in [4.69, 9.17) is 10.8 Å². The number of thioether (sulfide) groups is 1. The highest BCUT2D eigenvalue weighted by atomic mass is 32.2. The maximum atomic E-state index is 12.9. The first-order valence-corrected chi connectivity index (χ1v) is 11.3. The molecule has 0 fully saturated rings. The molecule has 0 aliphatic heterocycles. The Morgan fingerprint density at radius 1 is 1.10 bits per heavy atom. The van der Waals surface area contributed by atoms with Gasteiger partial charge < -0.3 is 31.8 Å². The number of aromatic amines is 1. The Labute approximate surface area is 185 Å². The minimum atomic E-state index is -1.20. The Balaban J connectivity index is 2.97. The molecule has 174 valence electrons. The van der Waals surface area contributed by atoms with Crippen LogP contribution in [0.15, 0.2) is 12.5 Å². The SMILES string of the molecule is CSCCC(NC(=O)C(N)C(C)C)C(=O)NC(Cc1cnc[nH]1)C(=O)NC(C)C(=O)O. The van der Waals surface area contributed by atoms with E-state index in [2.05, 4.69) is 25.9 Å². The van der Waals surface area contributed by atoms with E-state index in [1.807, 2.05) is 6.26 Å². The van der Waals surface area contributed by atoms with Gasteiger partial charge in [-0.05, 0) is 31.3 Å². The predicted octanol–water partition coefficient (Wildman–Crippen LogP) is -0.752. The van der Waals surface area contributed by atoms with Crippen LogP contribution in [0.1, 0.15) is 32.9 Å². The molecular weight excluding hydrogens is 424 g/mol. The summed E-state index contributed by atoms with van der Waals surface area (Å²) in [6.07, 6.45) is 5.22. The van der Waals surface area contributed by atoms with Crippen molar-refractivity contribution >= 4 is 35.5 Å². The maximum Gasteiger partial charge on any atom is 0.325 e. The van der Waals surface area contributed by atoms with Crippen molar-refractivity contribution in [1.82, 2.24) is 25.9 Å². The molecule has 0 aliphatic carbocycles. The van der Waals surface area contributed by atoms with Gasteiger partial charge in [0, 0.05) is 18.3 Å². The molecule has 0 aromatic carbocycles. The van der Waals surface area contributed by atoms with E-state index in [1.54, 1.807) is 13.8 Å². The van der Waals surface area contributed by atoms with Gasteiger partial charge in [-0.15, -0.1) is 0 Å². The van der Waals surface area contributed by atoms with Crippen molar-refractivity contribution in [3.8, 4) is 0 Å². The number of carbonyl (C=O) groups excluding carboxylic acids is 3. The van der Waals surface area contributed by atoms with Gasteiger partial charge in [0.15, 0.2) is 0 Å². The van der Waals surface area contributed by atoms with E-state index in [0.29, 0.717) is 17.9 Å². The van der Waals surface area contributed by atoms with E-state index in [1.165, 1.54) is 31.2 Å². The zero-order valence-electron chi connectivity index (χ0n) is 18.2. The molecule has 1 rings (SSSR count). The second-order valence-corrected chi connectivity index (χ2v) is 8.51. The van der Waals surface area contributed by atoms with Crippen LogP contribution in [0.25, 0.3) is 0 Å². The quantitative estimate of drug-likeness (QED) is 0.224. The lowest BCUT2D eigenvalue weighted by molar-refractivity contribution is -0.141. The minimum absolute atomic E-state index is 0.0681. The van der Waals surface area contributed by atoms with Gasteiger partial charge in [0.2, 0.25) is 17.7 Å². The zero-order chi connectivity index (χ0) is 23.6. The van der Waals surface area contributed by atoms with E-state index >= 15 is 0 Å². The molecule has 0 saturated heterocycles. The van der Waals surface area contributed by atoms with E-state index in [-0.39, 0.29) is 12.3 Å². The standard InChI is InChI=1S/C19H32N6O5S/c1-10(2)15(20)18(28)24-13(5-6-31-4)16(26)25-14(7-12-8-21-9-22-12)17(27)23-11(3)19(29)30/h8-11,13-15H,5-7,20H2,1-4H3,(H,21,22)(H,23,27)(H,24,28)(H,25,26)(H,29,30). The van der Waals surface area contributed by atoms with Gasteiger partial charge in [0.05, 0.1) is 12.4 Å². The van der Waals surface area contributed by atoms with Gasteiger partial charge in [0.25, 0.3) is 0 Å². The van der Waals surface area contributed by atoms with Gasteiger partial charge in [-0.3, -0.25) is 19.2 Å². The molecule has 3 amide bonds. The molecule has 0 saturated carbocycles. The summed E-state index contributed by atoms with van der Waals surface area (Å²) in [4.78, 5) is 55.8. The first kappa shape index (κ1) is 26.4. The van der Waals surface area contributed by atoms with Crippen LogP contribution in [-0.2, 0) is 25.6 Å². The van der Waals surface area contributed by atoms with Gasteiger partial charge >= 0.3 is 5.97 Å². The van der Waals surface area contributed by atoms with Crippen LogP contribution in [-0.4, -0.2) is 74.9 Å². The highest BCUT2D eigenvalue weighted by Crippen LogP contribution is 2.06. The van der Waals surface area contributed by atoms with Crippen LogP contribution < -0.4 is 21.7 Å². The van der Waals surface area contributed by atoms with Crippen molar-refractivity contribution in [3.05, 3.63) is 18.2 Å². The first-order chi connectivity index (χ1) is 14.6. The molecule has 1 heterocycles. The number of nitrogens with zero attached hydrogens (tertiary/aromatic N) is 1. The van der Waals surface area contributed by atoms with Crippen LogP contribution in [0.2, 0.25) is 0 Å². The Morgan fingerprint density at radius 2 is 1.71 bits per heavy atom. The summed E-state index contributed by atoms with van der Waals surface area (Å²) in [5.41, 5.74) is 6.46.